The molecule has 3 heterocycles. The molecule has 1 aliphatic rings. The standard InChI is InChI=1S/C21H21N3O/c1-2-9-18-19(16-7-6-11-22-14-16)13-21(24-20(18)10-3-1)25-15-17-8-4-5-12-23-17/h4-8,11-14H,1-3,9-10,15H2. The van der Waals surface area contributed by atoms with Gasteiger partial charge in [-0.15, -0.1) is 0 Å². The Bertz CT molecular complexity index is 835. The van der Waals surface area contributed by atoms with Crippen LogP contribution in [-0.2, 0) is 19.4 Å². The normalized spacial score (nSPS) is 13.8. The maximum atomic E-state index is 5.97. The van der Waals surface area contributed by atoms with E-state index in [1.807, 2.05) is 36.7 Å². The molecule has 25 heavy (non-hydrogen) atoms. The van der Waals surface area contributed by atoms with Crippen LogP contribution in [0.1, 0.15) is 36.2 Å². The number of aryl methyl sites for hydroxylation is 1. The molecule has 0 amide bonds. The minimum absolute atomic E-state index is 0.430. The summed E-state index contributed by atoms with van der Waals surface area (Å²) in [7, 11) is 0. The van der Waals surface area contributed by atoms with Crippen LogP contribution in [0.5, 0.6) is 5.88 Å². The zero-order valence-electron chi connectivity index (χ0n) is 14.2. The SMILES string of the molecule is c1ccc(COc2cc(-c3cccnc3)c3c(n2)CCCCC3)nc1. The number of nitrogens with zero attached hydrogens (tertiary/aromatic N) is 3. The summed E-state index contributed by atoms with van der Waals surface area (Å²) in [6.45, 7) is 0.430. The first-order valence-corrected chi connectivity index (χ1v) is 8.86. The Morgan fingerprint density at radius 3 is 2.76 bits per heavy atom. The number of pyridine rings is 3. The van der Waals surface area contributed by atoms with Gasteiger partial charge in [0.05, 0.1) is 5.69 Å². The molecule has 3 aromatic heterocycles. The largest absolute Gasteiger partial charge is 0.471 e. The van der Waals surface area contributed by atoms with E-state index in [2.05, 4.69) is 22.1 Å². The molecule has 0 atom stereocenters. The summed E-state index contributed by atoms with van der Waals surface area (Å²) < 4.78 is 5.97. The zero-order valence-corrected chi connectivity index (χ0v) is 14.2. The molecule has 0 spiro atoms. The summed E-state index contributed by atoms with van der Waals surface area (Å²) in [6, 6.07) is 12.0. The number of aromatic nitrogens is 3. The summed E-state index contributed by atoms with van der Waals surface area (Å²) in [5.74, 6) is 0.671. The van der Waals surface area contributed by atoms with Gasteiger partial charge in [-0.25, -0.2) is 4.98 Å². The molecule has 0 saturated heterocycles. The van der Waals surface area contributed by atoms with E-state index < -0.39 is 0 Å². The fourth-order valence-corrected chi connectivity index (χ4v) is 3.34. The van der Waals surface area contributed by atoms with Crippen molar-refractivity contribution in [3.8, 4) is 17.0 Å². The number of ether oxygens (including phenoxy) is 1. The lowest BCUT2D eigenvalue weighted by molar-refractivity contribution is 0.288. The summed E-state index contributed by atoms with van der Waals surface area (Å²) >= 11 is 0. The predicted octanol–water partition coefficient (Wildman–Crippen LogP) is 4.39. The number of fused-ring (bicyclic) bond motifs is 1. The molecular formula is C21H21N3O. The maximum absolute atomic E-state index is 5.97. The quantitative estimate of drug-likeness (QED) is 0.665. The number of hydrogen-bond acceptors (Lipinski definition) is 4. The van der Waals surface area contributed by atoms with Crippen LogP contribution in [0.15, 0.2) is 55.0 Å². The summed E-state index contributed by atoms with van der Waals surface area (Å²) in [5, 5.41) is 0. The van der Waals surface area contributed by atoms with Gasteiger partial charge >= 0.3 is 0 Å². The third-order valence-electron chi connectivity index (χ3n) is 4.59. The van der Waals surface area contributed by atoms with Crippen molar-refractivity contribution in [3.05, 3.63) is 71.9 Å². The van der Waals surface area contributed by atoms with E-state index in [0.717, 1.165) is 24.1 Å². The molecule has 0 N–H and O–H groups in total. The highest BCUT2D eigenvalue weighted by atomic mass is 16.5. The minimum Gasteiger partial charge on any atom is -0.471 e. The average molecular weight is 331 g/mol. The Morgan fingerprint density at radius 2 is 1.92 bits per heavy atom. The average Bonchev–Trinajstić information content (AvgIpc) is 2.93. The molecule has 0 aromatic carbocycles. The van der Waals surface area contributed by atoms with Gasteiger partial charge < -0.3 is 4.74 Å². The van der Waals surface area contributed by atoms with Gasteiger partial charge in [0.1, 0.15) is 6.61 Å². The minimum atomic E-state index is 0.430. The first-order valence-electron chi connectivity index (χ1n) is 8.86. The number of rotatable bonds is 4. The van der Waals surface area contributed by atoms with Crippen LogP contribution >= 0.6 is 0 Å². The maximum Gasteiger partial charge on any atom is 0.214 e. The van der Waals surface area contributed by atoms with Crippen molar-refractivity contribution in [1.29, 1.82) is 0 Å². The van der Waals surface area contributed by atoms with Crippen LogP contribution in [0.4, 0.5) is 0 Å². The van der Waals surface area contributed by atoms with Gasteiger partial charge in [-0.3, -0.25) is 9.97 Å². The van der Waals surface area contributed by atoms with E-state index in [4.69, 9.17) is 9.72 Å². The second-order valence-corrected chi connectivity index (χ2v) is 6.35. The lowest BCUT2D eigenvalue weighted by atomic mass is 9.97. The molecule has 4 rings (SSSR count). The highest BCUT2D eigenvalue weighted by Crippen LogP contribution is 2.32. The molecule has 1 aliphatic carbocycles. The second kappa shape index (κ2) is 7.43. The van der Waals surface area contributed by atoms with Crippen molar-refractivity contribution < 1.29 is 4.74 Å². The van der Waals surface area contributed by atoms with E-state index in [1.54, 1.807) is 6.20 Å². The zero-order chi connectivity index (χ0) is 16.9. The Morgan fingerprint density at radius 1 is 0.960 bits per heavy atom. The van der Waals surface area contributed by atoms with Gasteiger partial charge in [0.25, 0.3) is 0 Å². The third kappa shape index (κ3) is 3.68. The Labute approximate surface area is 148 Å². The van der Waals surface area contributed by atoms with Crippen LogP contribution in [-0.4, -0.2) is 15.0 Å². The lowest BCUT2D eigenvalue weighted by Crippen LogP contribution is -2.04. The summed E-state index contributed by atoms with van der Waals surface area (Å²) in [5.41, 5.74) is 5.77. The molecule has 4 nitrogen and oxygen atoms in total. The summed E-state index contributed by atoms with van der Waals surface area (Å²) in [4.78, 5) is 13.4. The van der Waals surface area contributed by atoms with Gasteiger partial charge in [0.15, 0.2) is 0 Å². The van der Waals surface area contributed by atoms with Crippen molar-refractivity contribution in [1.82, 2.24) is 15.0 Å². The van der Waals surface area contributed by atoms with Crippen LogP contribution < -0.4 is 4.74 Å². The fourth-order valence-electron chi connectivity index (χ4n) is 3.34. The highest BCUT2D eigenvalue weighted by molar-refractivity contribution is 5.68. The molecule has 0 unspecified atom stereocenters. The Hall–Kier alpha value is -2.75. The highest BCUT2D eigenvalue weighted by Gasteiger charge is 2.17. The monoisotopic (exact) mass is 331 g/mol. The van der Waals surface area contributed by atoms with Crippen LogP contribution in [0.25, 0.3) is 11.1 Å². The van der Waals surface area contributed by atoms with Crippen molar-refractivity contribution in [3.63, 3.8) is 0 Å². The molecule has 0 bridgehead atoms. The second-order valence-electron chi connectivity index (χ2n) is 6.35. The van der Waals surface area contributed by atoms with Gasteiger partial charge in [-0.2, -0.15) is 0 Å². The van der Waals surface area contributed by atoms with E-state index in [-0.39, 0.29) is 0 Å². The predicted molar refractivity (Wildman–Crippen MR) is 97.3 cm³/mol. The first kappa shape index (κ1) is 15.8. The first-order chi connectivity index (χ1) is 12.4. The fraction of sp³-hybridized carbons (Fsp3) is 0.286. The molecule has 0 aliphatic heterocycles. The Balaban J connectivity index is 1.69. The van der Waals surface area contributed by atoms with Crippen LogP contribution in [0, 0.1) is 0 Å². The molecular weight excluding hydrogens is 310 g/mol. The summed E-state index contributed by atoms with van der Waals surface area (Å²) in [6.07, 6.45) is 11.3. The van der Waals surface area contributed by atoms with Crippen molar-refractivity contribution >= 4 is 0 Å². The van der Waals surface area contributed by atoms with Gasteiger partial charge in [0.2, 0.25) is 5.88 Å². The topological polar surface area (TPSA) is 47.9 Å². The van der Waals surface area contributed by atoms with Gasteiger partial charge in [-0.1, -0.05) is 18.6 Å². The number of hydrogen-bond donors (Lipinski definition) is 0. The molecule has 4 heteroatoms. The van der Waals surface area contributed by atoms with Crippen molar-refractivity contribution in [2.24, 2.45) is 0 Å². The molecule has 0 fully saturated rings. The van der Waals surface area contributed by atoms with Crippen LogP contribution in [0.2, 0.25) is 0 Å². The van der Waals surface area contributed by atoms with Gasteiger partial charge in [-0.05, 0) is 55.0 Å². The lowest BCUT2D eigenvalue weighted by Gasteiger charge is -2.15. The van der Waals surface area contributed by atoms with E-state index in [0.29, 0.717) is 12.5 Å². The molecule has 0 saturated carbocycles. The van der Waals surface area contributed by atoms with Crippen molar-refractivity contribution in [2.75, 3.05) is 0 Å². The van der Waals surface area contributed by atoms with E-state index in [1.165, 1.54) is 36.1 Å². The smallest absolute Gasteiger partial charge is 0.214 e. The van der Waals surface area contributed by atoms with Crippen molar-refractivity contribution in [2.45, 2.75) is 38.7 Å². The van der Waals surface area contributed by atoms with E-state index in [9.17, 15) is 0 Å². The van der Waals surface area contributed by atoms with E-state index >= 15 is 0 Å². The van der Waals surface area contributed by atoms with Gasteiger partial charge in [0, 0.05) is 35.9 Å². The molecule has 126 valence electrons. The van der Waals surface area contributed by atoms with Crippen LogP contribution in [0.3, 0.4) is 0 Å². The molecule has 0 radical (unpaired) electrons. The third-order valence-corrected chi connectivity index (χ3v) is 4.59. The Kier molecular flexibility index (Phi) is 4.68. The molecule has 3 aromatic rings.